The van der Waals surface area contributed by atoms with Gasteiger partial charge in [-0.2, -0.15) is 0 Å². The Hall–Kier alpha value is -3.24. The number of piperidine rings is 1. The van der Waals surface area contributed by atoms with E-state index in [-0.39, 0.29) is 30.3 Å². The summed E-state index contributed by atoms with van der Waals surface area (Å²) in [7, 11) is 1.52. The number of phenolic OH excluding ortho intramolecular Hbond substituents is 1. The van der Waals surface area contributed by atoms with Crippen LogP contribution in [0.4, 0.5) is 8.78 Å². The number of nitrogens with zero attached hydrogens (tertiary/aromatic N) is 5. The van der Waals surface area contributed by atoms with Crippen LogP contribution in [0, 0.1) is 5.92 Å². The molecule has 4 heterocycles. The lowest BCUT2D eigenvalue weighted by molar-refractivity contribution is -0.0630. The van der Waals surface area contributed by atoms with Crippen LogP contribution >= 0.6 is 0 Å². The number of ether oxygens (including phenoxy) is 1. The van der Waals surface area contributed by atoms with Gasteiger partial charge in [-0.1, -0.05) is 6.58 Å². The summed E-state index contributed by atoms with van der Waals surface area (Å²) in [5, 5.41) is 21.9. The van der Waals surface area contributed by atoms with Crippen molar-refractivity contribution in [1.82, 2.24) is 30.0 Å². The lowest BCUT2D eigenvalue weighted by Crippen LogP contribution is -2.59. The zero-order chi connectivity index (χ0) is 23.4. The summed E-state index contributed by atoms with van der Waals surface area (Å²) in [6, 6.07) is 4.62. The number of phenols is 1. The van der Waals surface area contributed by atoms with Crippen molar-refractivity contribution in [3.8, 4) is 22.8 Å². The molecule has 0 amide bonds. The van der Waals surface area contributed by atoms with Gasteiger partial charge in [-0.05, 0) is 31.1 Å². The highest BCUT2D eigenvalue weighted by atomic mass is 19.3. The van der Waals surface area contributed by atoms with Crippen LogP contribution in [0.15, 0.2) is 49.7 Å². The van der Waals surface area contributed by atoms with Crippen molar-refractivity contribution in [3.63, 3.8) is 0 Å². The highest BCUT2D eigenvalue weighted by Gasteiger charge is 2.64. The molecule has 2 aliphatic heterocycles. The molecule has 0 spiro atoms. The van der Waals surface area contributed by atoms with Crippen LogP contribution in [-0.4, -0.2) is 60.6 Å². The van der Waals surface area contributed by atoms with Crippen molar-refractivity contribution in [2.75, 3.05) is 7.11 Å². The van der Waals surface area contributed by atoms with E-state index in [2.05, 4.69) is 32.1 Å². The minimum absolute atomic E-state index is 0.000824. The summed E-state index contributed by atoms with van der Waals surface area (Å²) in [4.78, 5) is 8.34. The molecule has 1 aromatic carbocycles. The number of imidazole rings is 1. The lowest BCUT2D eigenvalue weighted by Gasteiger charge is -2.42. The molecule has 4 atom stereocenters. The third kappa shape index (κ3) is 3.50. The van der Waals surface area contributed by atoms with E-state index in [1.807, 2.05) is 6.07 Å². The van der Waals surface area contributed by atoms with Gasteiger partial charge < -0.3 is 19.7 Å². The monoisotopic (exact) mass is 454 g/mol. The molecule has 2 saturated heterocycles. The second-order valence-electron chi connectivity index (χ2n) is 8.87. The molecule has 0 saturated carbocycles. The molecule has 2 unspecified atom stereocenters. The fourth-order valence-corrected chi connectivity index (χ4v) is 4.98. The molecule has 8 nitrogen and oxygen atoms in total. The van der Waals surface area contributed by atoms with Crippen LogP contribution in [0.2, 0.25) is 0 Å². The molecule has 172 valence electrons. The molecule has 5 rings (SSSR count). The highest BCUT2D eigenvalue weighted by Crippen LogP contribution is 2.51. The maximum atomic E-state index is 14.6. The van der Waals surface area contributed by atoms with Crippen molar-refractivity contribution in [1.29, 1.82) is 0 Å². The van der Waals surface area contributed by atoms with E-state index in [4.69, 9.17) is 4.74 Å². The number of aromatic nitrogens is 5. The van der Waals surface area contributed by atoms with Crippen LogP contribution in [0.5, 0.6) is 5.75 Å². The summed E-state index contributed by atoms with van der Waals surface area (Å²) >= 11 is 0. The minimum atomic E-state index is -2.84. The number of benzene rings is 1. The van der Waals surface area contributed by atoms with Crippen LogP contribution in [0.1, 0.15) is 25.5 Å². The summed E-state index contributed by atoms with van der Waals surface area (Å²) in [6.07, 6.45) is 5.97. The molecule has 0 aliphatic carbocycles. The average Bonchev–Trinajstić information content (AvgIpc) is 3.38. The number of rotatable bonds is 5. The maximum absolute atomic E-state index is 14.6. The van der Waals surface area contributed by atoms with E-state index in [0.29, 0.717) is 16.8 Å². The zero-order valence-electron chi connectivity index (χ0n) is 18.2. The van der Waals surface area contributed by atoms with Gasteiger partial charge in [0.25, 0.3) is 5.92 Å². The number of hydrogen-bond acceptors (Lipinski definition) is 7. The normalized spacial score (nSPS) is 28.1. The molecule has 2 aliphatic rings. The van der Waals surface area contributed by atoms with Crippen LogP contribution in [-0.2, 0) is 4.74 Å². The fourth-order valence-electron chi connectivity index (χ4n) is 4.98. The predicted molar refractivity (Wildman–Crippen MR) is 117 cm³/mol. The molecule has 2 aromatic heterocycles. The molecule has 2 N–H and O–H groups in total. The summed E-state index contributed by atoms with van der Waals surface area (Å²) in [5.41, 5.74) is 0.801. The Labute approximate surface area is 189 Å². The highest BCUT2D eigenvalue weighted by molar-refractivity contribution is 5.67. The number of hydrogen-bond donors (Lipinski definition) is 2. The van der Waals surface area contributed by atoms with Crippen LogP contribution < -0.4 is 5.32 Å². The first-order chi connectivity index (χ1) is 15.7. The Morgan fingerprint density at radius 2 is 2.12 bits per heavy atom. The van der Waals surface area contributed by atoms with Gasteiger partial charge in [-0.3, -0.25) is 0 Å². The van der Waals surface area contributed by atoms with Crippen molar-refractivity contribution in [3.05, 3.63) is 55.4 Å². The predicted octanol–water partition coefficient (Wildman–Crippen LogP) is 3.23. The van der Waals surface area contributed by atoms with E-state index in [9.17, 15) is 13.9 Å². The Bertz CT molecular complexity index is 1180. The van der Waals surface area contributed by atoms with E-state index in [0.717, 1.165) is 5.69 Å². The first-order valence-electron chi connectivity index (χ1n) is 10.6. The van der Waals surface area contributed by atoms with Gasteiger partial charge in [0.1, 0.15) is 11.4 Å². The Kier molecular flexibility index (Phi) is 5.02. The molecule has 3 aromatic rings. The van der Waals surface area contributed by atoms with E-state index < -0.39 is 23.6 Å². The van der Waals surface area contributed by atoms with Crippen molar-refractivity contribution >= 4 is 5.57 Å². The summed E-state index contributed by atoms with van der Waals surface area (Å²) in [6.45, 7) is 5.67. The largest absolute Gasteiger partial charge is 0.507 e. The number of fused-ring (bicyclic) bond motifs is 2. The first kappa shape index (κ1) is 21.6. The Balaban J connectivity index is 1.39. The maximum Gasteiger partial charge on any atom is 0.267 e. The SMILES string of the molecule is C=C(c1cnc(-c2ccc(-n3ccnc3)cc2O)nn1)C1C[C@@]2(C)NC(CC2(F)F)[C@@H]1OC. The number of aromatic hydroxyl groups is 1. The fraction of sp³-hybridized carbons (Fsp3) is 0.391. The van der Waals surface area contributed by atoms with Crippen molar-refractivity contribution in [2.45, 2.75) is 43.4 Å². The molecule has 2 fully saturated rings. The molecular formula is C23H24F2N6O2. The standard InChI is InChI=1S/C23H24F2N6O2/c1-13(16-9-22(2)23(24,25)10-17(28-22)20(16)33-3)18-11-27-21(30-29-18)15-5-4-14(8-19(15)32)31-7-6-26-12-31/h4-8,11-12,16-17,20,28,32H,1,9-10H2,2-3H3/t16?,17?,20-,22-/m1/s1. The van der Waals surface area contributed by atoms with Crippen LogP contribution in [0.25, 0.3) is 22.6 Å². The van der Waals surface area contributed by atoms with Gasteiger partial charge in [-0.15, -0.1) is 10.2 Å². The van der Waals surface area contributed by atoms with E-state index >= 15 is 0 Å². The molecular weight excluding hydrogens is 430 g/mol. The molecule has 0 radical (unpaired) electrons. The number of nitrogens with one attached hydrogen (secondary N) is 1. The first-order valence-corrected chi connectivity index (χ1v) is 10.6. The quantitative estimate of drug-likeness (QED) is 0.611. The van der Waals surface area contributed by atoms with Gasteiger partial charge >= 0.3 is 0 Å². The second-order valence-corrected chi connectivity index (χ2v) is 8.87. The topological polar surface area (TPSA) is 98.0 Å². The van der Waals surface area contributed by atoms with Gasteiger partial charge in [0, 0.05) is 44.0 Å². The number of alkyl halides is 2. The van der Waals surface area contributed by atoms with E-state index in [1.54, 1.807) is 42.3 Å². The molecule has 33 heavy (non-hydrogen) atoms. The van der Waals surface area contributed by atoms with Crippen molar-refractivity contribution < 1.29 is 18.6 Å². The Morgan fingerprint density at radius 1 is 1.30 bits per heavy atom. The number of methoxy groups -OCH3 is 1. The lowest BCUT2D eigenvalue weighted by atomic mass is 9.77. The van der Waals surface area contributed by atoms with Gasteiger partial charge in [-0.25, -0.2) is 18.7 Å². The van der Waals surface area contributed by atoms with E-state index in [1.165, 1.54) is 13.3 Å². The summed E-state index contributed by atoms with van der Waals surface area (Å²) < 4.78 is 36.6. The molecule has 2 bridgehead atoms. The third-order valence-corrected chi connectivity index (χ3v) is 6.84. The van der Waals surface area contributed by atoms with Gasteiger partial charge in [0.2, 0.25) is 0 Å². The minimum Gasteiger partial charge on any atom is -0.507 e. The Morgan fingerprint density at radius 3 is 2.76 bits per heavy atom. The second kappa shape index (κ2) is 7.67. The van der Waals surface area contributed by atoms with Gasteiger partial charge in [0.05, 0.1) is 35.4 Å². The van der Waals surface area contributed by atoms with Gasteiger partial charge in [0.15, 0.2) is 5.82 Å². The third-order valence-electron chi connectivity index (χ3n) is 6.84. The molecule has 10 heteroatoms. The average molecular weight is 454 g/mol. The smallest absolute Gasteiger partial charge is 0.267 e. The van der Waals surface area contributed by atoms with Crippen molar-refractivity contribution in [2.24, 2.45) is 5.92 Å². The number of halogens is 2. The zero-order valence-corrected chi connectivity index (χ0v) is 18.2. The van der Waals surface area contributed by atoms with Crippen LogP contribution in [0.3, 0.4) is 0 Å². The summed E-state index contributed by atoms with van der Waals surface area (Å²) in [5.74, 6) is -2.95.